The standard InChI is InChI=1S/C14H14O5S/c1-14(2)18-12-8(5-7-10(15)16)4-6-9(20-3)11(12)13(17)19-14/h4-7H,1-3H3,(H,15,16)/b7-5+. The van der Waals surface area contributed by atoms with Crippen molar-refractivity contribution in [3.63, 3.8) is 0 Å². The summed E-state index contributed by atoms with van der Waals surface area (Å²) in [5, 5.41) is 8.71. The molecule has 0 unspecified atom stereocenters. The van der Waals surface area contributed by atoms with Gasteiger partial charge in [-0.05, 0) is 18.4 Å². The first-order chi connectivity index (χ1) is 9.34. The molecule has 0 aromatic heterocycles. The largest absolute Gasteiger partial charge is 0.478 e. The third-order valence-corrected chi connectivity index (χ3v) is 3.45. The van der Waals surface area contributed by atoms with Crippen LogP contribution < -0.4 is 4.74 Å². The first-order valence-electron chi connectivity index (χ1n) is 5.88. The van der Waals surface area contributed by atoms with Crippen LogP contribution in [0.5, 0.6) is 5.75 Å². The van der Waals surface area contributed by atoms with Gasteiger partial charge < -0.3 is 14.6 Å². The lowest BCUT2D eigenvalue weighted by atomic mass is 10.1. The lowest BCUT2D eigenvalue weighted by Gasteiger charge is -2.33. The van der Waals surface area contributed by atoms with E-state index in [4.69, 9.17) is 14.6 Å². The Balaban J connectivity index is 2.60. The number of benzene rings is 1. The summed E-state index contributed by atoms with van der Waals surface area (Å²) >= 11 is 1.40. The molecule has 0 atom stereocenters. The van der Waals surface area contributed by atoms with Crippen molar-refractivity contribution in [3.05, 3.63) is 29.3 Å². The number of carbonyl (C=O) groups is 2. The number of carboxylic acids is 1. The molecule has 0 saturated heterocycles. The number of fused-ring (bicyclic) bond motifs is 1. The van der Waals surface area contributed by atoms with Gasteiger partial charge in [0.1, 0.15) is 11.3 Å². The minimum atomic E-state index is -1.08. The minimum absolute atomic E-state index is 0.337. The summed E-state index contributed by atoms with van der Waals surface area (Å²) in [6, 6.07) is 3.47. The van der Waals surface area contributed by atoms with Crippen LogP contribution in [0.15, 0.2) is 23.1 Å². The fourth-order valence-corrected chi connectivity index (χ4v) is 2.47. The van der Waals surface area contributed by atoms with Crippen LogP contribution in [0.3, 0.4) is 0 Å². The van der Waals surface area contributed by atoms with E-state index in [1.165, 1.54) is 17.8 Å². The van der Waals surface area contributed by atoms with E-state index in [0.29, 0.717) is 16.9 Å². The smallest absolute Gasteiger partial charge is 0.346 e. The number of carboxylic acid groups (broad SMARTS) is 1. The predicted octanol–water partition coefficient (Wildman–Crippen LogP) is 2.79. The van der Waals surface area contributed by atoms with Crippen LogP contribution in [0.25, 0.3) is 6.08 Å². The van der Waals surface area contributed by atoms with E-state index in [9.17, 15) is 9.59 Å². The Bertz CT molecular complexity index is 604. The van der Waals surface area contributed by atoms with E-state index in [1.807, 2.05) is 6.26 Å². The zero-order valence-corrected chi connectivity index (χ0v) is 12.1. The molecule has 1 aliphatic heterocycles. The van der Waals surface area contributed by atoms with Crippen molar-refractivity contribution in [2.24, 2.45) is 0 Å². The molecule has 106 valence electrons. The molecular formula is C14H14O5S. The van der Waals surface area contributed by atoms with Gasteiger partial charge in [0.05, 0.1) is 0 Å². The molecular weight excluding hydrogens is 280 g/mol. The number of ether oxygens (including phenoxy) is 2. The molecule has 20 heavy (non-hydrogen) atoms. The maximum Gasteiger partial charge on any atom is 0.346 e. The summed E-state index contributed by atoms with van der Waals surface area (Å²) < 4.78 is 10.9. The van der Waals surface area contributed by atoms with E-state index in [2.05, 4.69) is 0 Å². The summed E-state index contributed by atoms with van der Waals surface area (Å²) in [6.07, 6.45) is 4.25. The van der Waals surface area contributed by atoms with Gasteiger partial charge in [0, 0.05) is 30.4 Å². The van der Waals surface area contributed by atoms with Gasteiger partial charge in [0.25, 0.3) is 0 Å². The fraction of sp³-hybridized carbons (Fsp3) is 0.286. The van der Waals surface area contributed by atoms with E-state index < -0.39 is 17.7 Å². The molecule has 1 aliphatic rings. The number of thioether (sulfide) groups is 1. The minimum Gasteiger partial charge on any atom is -0.478 e. The average molecular weight is 294 g/mol. The van der Waals surface area contributed by atoms with E-state index in [1.54, 1.807) is 26.0 Å². The Kier molecular flexibility index (Phi) is 3.76. The van der Waals surface area contributed by atoms with E-state index in [0.717, 1.165) is 11.0 Å². The van der Waals surface area contributed by atoms with Gasteiger partial charge in [0.15, 0.2) is 0 Å². The molecule has 1 aromatic carbocycles. The van der Waals surface area contributed by atoms with E-state index >= 15 is 0 Å². The monoisotopic (exact) mass is 294 g/mol. The second-order valence-electron chi connectivity index (χ2n) is 4.62. The molecule has 0 saturated carbocycles. The zero-order valence-electron chi connectivity index (χ0n) is 11.3. The molecule has 0 amide bonds. The van der Waals surface area contributed by atoms with Gasteiger partial charge in [-0.1, -0.05) is 6.07 Å². The Labute approximate surface area is 120 Å². The van der Waals surface area contributed by atoms with Crippen LogP contribution in [0, 0.1) is 0 Å². The highest BCUT2D eigenvalue weighted by atomic mass is 32.2. The van der Waals surface area contributed by atoms with Crippen molar-refractivity contribution in [1.82, 2.24) is 0 Å². The Hall–Kier alpha value is -1.95. The molecule has 1 aromatic rings. The van der Waals surface area contributed by atoms with Crippen LogP contribution in [0.1, 0.15) is 29.8 Å². The molecule has 0 radical (unpaired) electrons. The highest BCUT2D eigenvalue weighted by molar-refractivity contribution is 7.98. The van der Waals surface area contributed by atoms with Gasteiger partial charge in [-0.3, -0.25) is 0 Å². The van der Waals surface area contributed by atoms with Crippen LogP contribution in [0.4, 0.5) is 0 Å². The highest BCUT2D eigenvalue weighted by Crippen LogP contribution is 2.39. The van der Waals surface area contributed by atoms with Gasteiger partial charge in [0.2, 0.25) is 5.79 Å². The van der Waals surface area contributed by atoms with Crippen molar-refractivity contribution in [2.45, 2.75) is 24.5 Å². The number of carbonyl (C=O) groups excluding carboxylic acids is 1. The summed E-state index contributed by atoms with van der Waals surface area (Å²) in [5.41, 5.74) is 0.870. The Morgan fingerprint density at radius 2 is 2.05 bits per heavy atom. The Morgan fingerprint density at radius 3 is 2.65 bits per heavy atom. The zero-order chi connectivity index (χ0) is 14.9. The molecule has 1 heterocycles. The first-order valence-corrected chi connectivity index (χ1v) is 7.11. The van der Waals surface area contributed by atoms with Gasteiger partial charge >= 0.3 is 11.9 Å². The lowest BCUT2D eigenvalue weighted by Crippen LogP contribution is -2.39. The predicted molar refractivity (Wildman–Crippen MR) is 75.0 cm³/mol. The number of hydrogen-bond donors (Lipinski definition) is 1. The van der Waals surface area contributed by atoms with Crippen LogP contribution >= 0.6 is 11.8 Å². The average Bonchev–Trinajstić information content (AvgIpc) is 2.34. The SMILES string of the molecule is CSc1ccc(/C=C/C(=O)O)c2c1C(=O)OC(C)(C)O2. The highest BCUT2D eigenvalue weighted by Gasteiger charge is 2.36. The van der Waals surface area contributed by atoms with Crippen molar-refractivity contribution >= 4 is 29.8 Å². The fourth-order valence-electron chi connectivity index (χ4n) is 1.89. The van der Waals surface area contributed by atoms with Gasteiger partial charge in [-0.15, -0.1) is 11.8 Å². The summed E-state index contributed by atoms with van der Waals surface area (Å²) in [5.74, 6) is -2.25. The second kappa shape index (κ2) is 5.20. The molecule has 1 N–H and O–H groups in total. The molecule has 0 bridgehead atoms. The first kappa shape index (κ1) is 14.5. The lowest BCUT2D eigenvalue weighted by molar-refractivity contribution is -0.131. The maximum atomic E-state index is 12.1. The number of hydrogen-bond acceptors (Lipinski definition) is 5. The molecule has 5 nitrogen and oxygen atoms in total. The van der Waals surface area contributed by atoms with Crippen LogP contribution in [-0.2, 0) is 9.53 Å². The normalized spacial score (nSPS) is 16.4. The number of esters is 1. The number of cyclic esters (lactones) is 1. The summed E-state index contributed by atoms with van der Waals surface area (Å²) in [4.78, 5) is 23.5. The van der Waals surface area contributed by atoms with Crippen molar-refractivity contribution in [1.29, 1.82) is 0 Å². The van der Waals surface area contributed by atoms with Crippen molar-refractivity contribution in [3.8, 4) is 5.75 Å². The maximum absolute atomic E-state index is 12.1. The molecule has 0 aliphatic carbocycles. The molecule has 6 heteroatoms. The third kappa shape index (κ3) is 2.80. The number of aliphatic carboxylic acids is 1. The van der Waals surface area contributed by atoms with Crippen LogP contribution in [-0.4, -0.2) is 29.1 Å². The topological polar surface area (TPSA) is 72.8 Å². The van der Waals surface area contributed by atoms with E-state index in [-0.39, 0.29) is 0 Å². The molecule has 2 rings (SSSR count). The second-order valence-corrected chi connectivity index (χ2v) is 5.47. The van der Waals surface area contributed by atoms with Crippen molar-refractivity contribution < 1.29 is 24.2 Å². The van der Waals surface area contributed by atoms with Crippen molar-refractivity contribution in [2.75, 3.05) is 6.26 Å². The van der Waals surface area contributed by atoms with Crippen LogP contribution in [0.2, 0.25) is 0 Å². The summed E-state index contributed by atoms with van der Waals surface area (Å²) in [7, 11) is 0. The quantitative estimate of drug-likeness (QED) is 0.525. The molecule has 0 fully saturated rings. The van der Waals surface area contributed by atoms with Gasteiger partial charge in [-0.2, -0.15) is 0 Å². The number of rotatable bonds is 3. The third-order valence-electron chi connectivity index (χ3n) is 2.67. The van der Waals surface area contributed by atoms with Gasteiger partial charge in [-0.25, -0.2) is 9.59 Å². The Morgan fingerprint density at radius 1 is 1.35 bits per heavy atom. The summed E-state index contributed by atoms with van der Waals surface area (Å²) in [6.45, 7) is 3.26. The molecule has 0 spiro atoms.